The molecule has 1 aliphatic heterocycles. The quantitative estimate of drug-likeness (QED) is 0.499. The van der Waals surface area contributed by atoms with Gasteiger partial charge in [-0.05, 0) is 51.0 Å². The molecule has 0 unspecified atom stereocenters. The normalized spacial score (nSPS) is 17.0. The van der Waals surface area contributed by atoms with Gasteiger partial charge in [0, 0.05) is 18.3 Å². The topological polar surface area (TPSA) is 55.2 Å². The highest BCUT2D eigenvalue weighted by Gasteiger charge is 2.33. The van der Waals surface area contributed by atoms with Crippen LogP contribution in [0, 0.1) is 0 Å². The lowest BCUT2D eigenvalue weighted by atomic mass is 10.1. The second-order valence-electron chi connectivity index (χ2n) is 7.11. The summed E-state index contributed by atoms with van der Waals surface area (Å²) in [6.45, 7) is 6.41. The lowest BCUT2D eigenvalue weighted by molar-refractivity contribution is -0.118. The third kappa shape index (κ3) is 3.11. The predicted octanol–water partition coefficient (Wildman–Crippen LogP) is 3.87. The summed E-state index contributed by atoms with van der Waals surface area (Å²) in [5.41, 5.74) is 2.80. The van der Waals surface area contributed by atoms with Crippen LogP contribution in [0.25, 0.3) is 10.9 Å². The van der Waals surface area contributed by atoms with E-state index in [1.54, 1.807) is 10.6 Å². The van der Waals surface area contributed by atoms with Crippen LogP contribution in [-0.2, 0) is 17.8 Å². The van der Waals surface area contributed by atoms with Crippen molar-refractivity contribution in [3.05, 3.63) is 64.4 Å². The number of fused-ring (bicyclic) bond motifs is 2. The van der Waals surface area contributed by atoms with Crippen LogP contribution >= 0.6 is 11.8 Å². The molecule has 1 aliphatic rings. The monoisotopic (exact) mass is 393 g/mol. The Balaban J connectivity index is 1.66. The van der Waals surface area contributed by atoms with Gasteiger partial charge >= 0.3 is 0 Å². The summed E-state index contributed by atoms with van der Waals surface area (Å²) < 4.78 is 1.65. The molecular formula is C22H23N3O2S. The van der Waals surface area contributed by atoms with Crippen LogP contribution in [0.3, 0.4) is 0 Å². The van der Waals surface area contributed by atoms with Crippen molar-refractivity contribution in [1.29, 1.82) is 0 Å². The van der Waals surface area contributed by atoms with Crippen LogP contribution in [0.4, 0.5) is 5.69 Å². The number of anilines is 1. The predicted molar refractivity (Wildman–Crippen MR) is 114 cm³/mol. The highest BCUT2D eigenvalue weighted by molar-refractivity contribution is 8.00. The number of amides is 1. The van der Waals surface area contributed by atoms with Gasteiger partial charge < -0.3 is 4.90 Å². The van der Waals surface area contributed by atoms with Gasteiger partial charge in [-0.15, -0.1) is 0 Å². The minimum atomic E-state index is -0.348. The summed E-state index contributed by atoms with van der Waals surface area (Å²) in [5, 5.41) is 0.849. The van der Waals surface area contributed by atoms with Gasteiger partial charge in [0.25, 0.3) is 5.56 Å². The molecule has 144 valence electrons. The van der Waals surface area contributed by atoms with Crippen LogP contribution in [0.2, 0.25) is 0 Å². The number of thioether (sulfide) groups is 1. The Kier molecular flexibility index (Phi) is 4.98. The molecule has 1 amide bonds. The SMILES string of the molecule is CCn1c(S[C@H](C)C(=O)N2c3ccccc3C[C@H]2C)nc2ccccc2c1=O. The Hall–Kier alpha value is -2.60. The van der Waals surface area contributed by atoms with Gasteiger partial charge in [0.2, 0.25) is 5.91 Å². The Morgan fingerprint density at radius 1 is 1.21 bits per heavy atom. The van der Waals surface area contributed by atoms with E-state index in [2.05, 4.69) is 18.0 Å². The van der Waals surface area contributed by atoms with Crippen LogP contribution in [0.15, 0.2) is 58.5 Å². The summed E-state index contributed by atoms with van der Waals surface area (Å²) in [6.07, 6.45) is 0.868. The number of rotatable bonds is 4. The maximum atomic E-state index is 13.3. The van der Waals surface area contributed by atoms with E-state index in [4.69, 9.17) is 0 Å². The first kappa shape index (κ1) is 18.7. The summed E-state index contributed by atoms with van der Waals surface area (Å²) in [4.78, 5) is 32.6. The molecule has 0 radical (unpaired) electrons. The lowest BCUT2D eigenvalue weighted by Crippen LogP contribution is -2.40. The van der Waals surface area contributed by atoms with E-state index in [0.29, 0.717) is 22.6 Å². The van der Waals surface area contributed by atoms with Gasteiger partial charge in [-0.2, -0.15) is 0 Å². The molecule has 3 aromatic rings. The highest BCUT2D eigenvalue weighted by Crippen LogP contribution is 2.34. The molecule has 0 fully saturated rings. The maximum absolute atomic E-state index is 13.3. The van der Waals surface area contributed by atoms with Gasteiger partial charge in [-0.25, -0.2) is 4.98 Å². The number of hydrogen-bond donors (Lipinski definition) is 0. The molecule has 0 saturated carbocycles. The number of carbonyl (C=O) groups excluding carboxylic acids is 1. The fourth-order valence-corrected chi connectivity index (χ4v) is 4.84. The Morgan fingerprint density at radius 2 is 1.93 bits per heavy atom. The van der Waals surface area contributed by atoms with Gasteiger partial charge in [0.05, 0.1) is 16.2 Å². The molecule has 2 atom stereocenters. The van der Waals surface area contributed by atoms with Gasteiger partial charge in [0.15, 0.2) is 5.16 Å². The standard InChI is InChI=1S/C22H23N3O2S/c1-4-24-21(27)17-10-6-7-11-18(17)23-22(24)28-15(3)20(26)25-14(2)13-16-9-5-8-12-19(16)25/h5-12,14-15H,4,13H2,1-3H3/t14-,15-/m1/s1. The number of hydrogen-bond acceptors (Lipinski definition) is 4. The van der Waals surface area contributed by atoms with E-state index in [-0.39, 0.29) is 22.8 Å². The maximum Gasteiger partial charge on any atom is 0.262 e. The van der Waals surface area contributed by atoms with Crippen LogP contribution < -0.4 is 10.5 Å². The summed E-state index contributed by atoms with van der Waals surface area (Å²) in [6, 6.07) is 15.5. The molecule has 0 N–H and O–H groups in total. The van der Waals surface area contributed by atoms with E-state index in [1.165, 1.54) is 17.3 Å². The van der Waals surface area contributed by atoms with Crippen molar-refractivity contribution in [3.8, 4) is 0 Å². The molecule has 4 rings (SSSR count). The van der Waals surface area contributed by atoms with Crippen LogP contribution in [-0.4, -0.2) is 26.8 Å². The first-order chi connectivity index (χ1) is 13.5. The van der Waals surface area contributed by atoms with Crippen LogP contribution in [0.1, 0.15) is 26.3 Å². The van der Waals surface area contributed by atoms with E-state index in [9.17, 15) is 9.59 Å². The molecule has 6 heteroatoms. The van der Waals surface area contributed by atoms with E-state index < -0.39 is 0 Å². The average molecular weight is 394 g/mol. The van der Waals surface area contributed by atoms with Gasteiger partial charge in [-0.1, -0.05) is 42.1 Å². The summed E-state index contributed by atoms with van der Waals surface area (Å²) in [5.74, 6) is 0.0486. The van der Waals surface area contributed by atoms with Crippen LogP contribution in [0.5, 0.6) is 0 Å². The number of aromatic nitrogens is 2. The van der Waals surface area contributed by atoms with Gasteiger partial charge in [0.1, 0.15) is 0 Å². The van der Waals surface area contributed by atoms with E-state index >= 15 is 0 Å². The smallest absolute Gasteiger partial charge is 0.262 e. The molecule has 28 heavy (non-hydrogen) atoms. The minimum absolute atomic E-state index is 0.0486. The number of nitrogens with zero attached hydrogens (tertiary/aromatic N) is 3. The second kappa shape index (κ2) is 7.43. The molecule has 0 saturated heterocycles. The largest absolute Gasteiger partial charge is 0.308 e. The zero-order valence-electron chi connectivity index (χ0n) is 16.3. The molecule has 1 aromatic heterocycles. The zero-order chi connectivity index (χ0) is 19.8. The van der Waals surface area contributed by atoms with E-state index in [1.807, 2.05) is 55.1 Å². The molecule has 0 spiro atoms. The fourth-order valence-electron chi connectivity index (χ4n) is 3.82. The van der Waals surface area contributed by atoms with Crippen molar-refractivity contribution in [2.45, 2.75) is 50.2 Å². The van der Waals surface area contributed by atoms with E-state index in [0.717, 1.165) is 12.1 Å². The Morgan fingerprint density at radius 3 is 2.71 bits per heavy atom. The molecule has 0 aliphatic carbocycles. The Bertz CT molecular complexity index is 1110. The molecular weight excluding hydrogens is 370 g/mol. The van der Waals surface area contributed by atoms with Crippen molar-refractivity contribution < 1.29 is 4.79 Å². The first-order valence-corrected chi connectivity index (χ1v) is 10.5. The third-order valence-corrected chi connectivity index (χ3v) is 6.30. The third-order valence-electron chi connectivity index (χ3n) is 5.22. The lowest BCUT2D eigenvalue weighted by Gasteiger charge is -2.26. The fraction of sp³-hybridized carbons (Fsp3) is 0.318. The van der Waals surface area contributed by atoms with Crippen molar-refractivity contribution >= 4 is 34.3 Å². The number of para-hydroxylation sites is 2. The summed E-state index contributed by atoms with van der Waals surface area (Å²) in [7, 11) is 0. The van der Waals surface area contributed by atoms with Crippen molar-refractivity contribution in [2.24, 2.45) is 0 Å². The van der Waals surface area contributed by atoms with Crippen molar-refractivity contribution in [1.82, 2.24) is 9.55 Å². The first-order valence-electron chi connectivity index (χ1n) is 9.58. The summed E-state index contributed by atoms with van der Waals surface area (Å²) >= 11 is 1.36. The van der Waals surface area contributed by atoms with Gasteiger partial charge in [-0.3, -0.25) is 14.2 Å². The molecule has 5 nitrogen and oxygen atoms in total. The number of benzene rings is 2. The zero-order valence-corrected chi connectivity index (χ0v) is 17.1. The number of carbonyl (C=O) groups is 1. The van der Waals surface area contributed by atoms with Crippen molar-refractivity contribution in [3.63, 3.8) is 0 Å². The Labute approximate surface area is 168 Å². The molecule has 2 heterocycles. The van der Waals surface area contributed by atoms with Crippen molar-refractivity contribution in [2.75, 3.05) is 4.90 Å². The average Bonchev–Trinajstić information content (AvgIpc) is 3.03. The highest BCUT2D eigenvalue weighted by atomic mass is 32.2. The molecule has 0 bridgehead atoms. The molecule has 2 aromatic carbocycles. The minimum Gasteiger partial charge on any atom is -0.308 e. The second-order valence-corrected chi connectivity index (χ2v) is 8.42.